The molecule has 1 unspecified atom stereocenters. The van der Waals surface area contributed by atoms with Gasteiger partial charge < -0.3 is 14.4 Å². The Morgan fingerprint density at radius 3 is 2.90 bits per heavy atom. The van der Waals surface area contributed by atoms with Gasteiger partial charge in [-0.05, 0) is 34.1 Å². The van der Waals surface area contributed by atoms with Crippen molar-refractivity contribution in [2.45, 2.75) is 6.04 Å². The van der Waals surface area contributed by atoms with E-state index in [0.717, 1.165) is 0 Å². The molecule has 0 bridgehead atoms. The van der Waals surface area contributed by atoms with Gasteiger partial charge in [0.15, 0.2) is 6.04 Å². The van der Waals surface area contributed by atoms with Gasteiger partial charge >= 0.3 is 5.97 Å². The predicted molar refractivity (Wildman–Crippen MR) is 71.8 cm³/mol. The van der Waals surface area contributed by atoms with Crippen molar-refractivity contribution in [3.63, 3.8) is 0 Å². The number of halogens is 2. The topological polar surface area (TPSA) is 55.8 Å². The van der Waals surface area contributed by atoms with E-state index < -0.39 is 17.8 Å². The average Bonchev–Trinajstić information content (AvgIpc) is 2.48. The summed E-state index contributed by atoms with van der Waals surface area (Å²) in [5.74, 6) is -1.34. The Labute approximate surface area is 123 Å². The summed E-state index contributed by atoms with van der Waals surface area (Å²) in [4.78, 5) is 25.5. The van der Waals surface area contributed by atoms with E-state index in [2.05, 4.69) is 20.7 Å². The molecule has 1 heterocycles. The van der Waals surface area contributed by atoms with Gasteiger partial charge in [0, 0.05) is 12.1 Å². The molecule has 0 spiro atoms. The van der Waals surface area contributed by atoms with Crippen LogP contribution in [0.4, 0.5) is 4.39 Å². The molecule has 1 aliphatic rings. The van der Waals surface area contributed by atoms with Gasteiger partial charge in [-0.1, -0.05) is 0 Å². The molecular formula is C13H13BrFNO4. The second kappa shape index (κ2) is 6.32. The fourth-order valence-corrected chi connectivity index (χ4v) is 2.35. The highest BCUT2D eigenvalue weighted by Gasteiger charge is 2.34. The van der Waals surface area contributed by atoms with E-state index >= 15 is 0 Å². The Hall–Kier alpha value is -1.47. The standard InChI is InChI=1S/C13H13BrFNO4/c1-19-13(18)11-7-20-5-4-16(11)12(17)8-2-3-10(15)9(14)6-8/h2-3,6,11H,4-5,7H2,1H3. The van der Waals surface area contributed by atoms with Crippen molar-refractivity contribution in [2.75, 3.05) is 26.9 Å². The van der Waals surface area contributed by atoms with Crippen molar-refractivity contribution in [3.8, 4) is 0 Å². The van der Waals surface area contributed by atoms with Crippen molar-refractivity contribution in [2.24, 2.45) is 0 Å². The molecule has 5 nitrogen and oxygen atoms in total. The molecule has 0 radical (unpaired) electrons. The predicted octanol–water partition coefficient (Wildman–Crippen LogP) is 1.60. The molecule has 0 N–H and O–H groups in total. The quantitative estimate of drug-likeness (QED) is 0.764. The summed E-state index contributed by atoms with van der Waals surface area (Å²) in [5, 5.41) is 0. The number of carbonyl (C=O) groups is 2. The smallest absolute Gasteiger partial charge is 0.331 e. The number of benzene rings is 1. The molecule has 7 heteroatoms. The van der Waals surface area contributed by atoms with Crippen molar-refractivity contribution < 1.29 is 23.5 Å². The van der Waals surface area contributed by atoms with Crippen LogP contribution in [0.15, 0.2) is 22.7 Å². The third-order valence-electron chi connectivity index (χ3n) is 3.03. The van der Waals surface area contributed by atoms with Gasteiger partial charge in [0.25, 0.3) is 5.91 Å². The maximum atomic E-state index is 13.2. The molecule has 0 aromatic heterocycles. The van der Waals surface area contributed by atoms with Crippen LogP contribution in [0.5, 0.6) is 0 Å². The first-order chi connectivity index (χ1) is 9.54. The Morgan fingerprint density at radius 2 is 2.25 bits per heavy atom. The maximum Gasteiger partial charge on any atom is 0.331 e. The van der Waals surface area contributed by atoms with Gasteiger partial charge in [0.1, 0.15) is 5.82 Å². The zero-order valence-corrected chi connectivity index (χ0v) is 12.4. The number of nitrogens with zero attached hydrogens (tertiary/aromatic N) is 1. The Bertz CT molecular complexity index is 537. The number of methoxy groups -OCH3 is 1. The molecule has 2 rings (SSSR count). The lowest BCUT2D eigenvalue weighted by molar-refractivity contribution is -0.151. The number of hydrogen-bond donors (Lipinski definition) is 0. The summed E-state index contributed by atoms with van der Waals surface area (Å²) in [6.07, 6.45) is 0. The number of carbonyl (C=O) groups excluding carboxylic acids is 2. The number of esters is 1. The first-order valence-corrected chi connectivity index (χ1v) is 6.75. The fourth-order valence-electron chi connectivity index (χ4n) is 1.97. The van der Waals surface area contributed by atoms with E-state index in [4.69, 9.17) is 4.74 Å². The van der Waals surface area contributed by atoms with E-state index in [-0.39, 0.29) is 23.5 Å². The number of morpholine rings is 1. The molecule has 1 fully saturated rings. The van der Waals surface area contributed by atoms with Gasteiger partial charge in [0.2, 0.25) is 0 Å². The number of amides is 1. The molecule has 1 aliphatic heterocycles. The largest absolute Gasteiger partial charge is 0.467 e. The van der Waals surface area contributed by atoms with E-state index in [9.17, 15) is 14.0 Å². The van der Waals surface area contributed by atoms with Crippen LogP contribution >= 0.6 is 15.9 Å². The molecule has 20 heavy (non-hydrogen) atoms. The Kier molecular flexibility index (Phi) is 4.72. The highest BCUT2D eigenvalue weighted by Crippen LogP contribution is 2.20. The van der Waals surface area contributed by atoms with E-state index in [0.29, 0.717) is 12.2 Å². The highest BCUT2D eigenvalue weighted by molar-refractivity contribution is 9.10. The molecule has 1 atom stereocenters. The summed E-state index contributed by atoms with van der Waals surface area (Å²) in [6.45, 7) is 0.732. The third kappa shape index (κ3) is 2.99. The molecule has 1 aromatic carbocycles. The summed E-state index contributed by atoms with van der Waals surface area (Å²) in [6, 6.07) is 3.20. The minimum absolute atomic E-state index is 0.0980. The molecule has 108 valence electrons. The van der Waals surface area contributed by atoms with Crippen LogP contribution in [-0.4, -0.2) is 49.7 Å². The lowest BCUT2D eigenvalue weighted by atomic mass is 10.1. The van der Waals surface area contributed by atoms with Gasteiger partial charge in [-0.3, -0.25) is 4.79 Å². The average molecular weight is 346 g/mol. The van der Waals surface area contributed by atoms with Gasteiger partial charge in [0.05, 0.1) is 24.8 Å². The van der Waals surface area contributed by atoms with E-state index in [1.54, 1.807) is 0 Å². The molecular weight excluding hydrogens is 333 g/mol. The number of rotatable bonds is 2. The lowest BCUT2D eigenvalue weighted by Gasteiger charge is -2.33. The van der Waals surface area contributed by atoms with Crippen LogP contribution in [0, 0.1) is 5.82 Å². The first-order valence-electron chi connectivity index (χ1n) is 5.96. The summed E-state index contributed by atoms with van der Waals surface area (Å²) >= 11 is 3.03. The van der Waals surface area contributed by atoms with Crippen LogP contribution in [0.2, 0.25) is 0 Å². The normalized spacial score (nSPS) is 18.8. The van der Waals surface area contributed by atoms with Gasteiger partial charge in [-0.25, -0.2) is 9.18 Å². The van der Waals surface area contributed by atoms with E-state index in [1.165, 1.54) is 30.2 Å². The highest BCUT2D eigenvalue weighted by atomic mass is 79.9. The lowest BCUT2D eigenvalue weighted by Crippen LogP contribution is -2.53. The zero-order chi connectivity index (χ0) is 14.7. The van der Waals surface area contributed by atoms with E-state index in [1.807, 2.05) is 0 Å². The summed E-state index contributed by atoms with van der Waals surface area (Å²) < 4.78 is 23.3. The SMILES string of the molecule is COC(=O)C1COCCN1C(=O)c1ccc(F)c(Br)c1. The zero-order valence-electron chi connectivity index (χ0n) is 10.8. The Balaban J connectivity index is 2.25. The van der Waals surface area contributed by atoms with Crippen molar-refractivity contribution in [1.29, 1.82) is 0 Å². The van der Waals surface area contributed by atoms with Crippen LogP contribution in [-0.2, 0) is 14.3 Å². The van der Waals surface area contributed by atoms with Crippen LogP contribution in [0.25, 0.3) is 0 Å². The molecule has 0 aliphatic carbocycles. The van der Waals surface area contributed by atoms with Crippen molar-refractivity contribution in [1.82, 2.24) is 4.90 Å². The second-order valence-electron chi connectivity index (χ2n) is 4.24. The minimum atomic E-state index is -0.773. The third-order valence-corrected chi connectivity index (χ3v) is 3.64. The second-order valence-corrected chi connectivity index (χ2v) is 5.10. The molecule has 1 amide bonds. The number of ether oxygens (including phenoxy) is 2. The maximum absolute atomic E-state index is 13.2. The molecule has 1 saturated heterocycles. The van der Waals surface area contributed by atoms with Gasteiger partial charge in [-0.2, -0.15) is 0 Å². The van der Waals surface area contributed by atoms with Crippen molar-refractivity contribution in [3.05, 3.63) is 34.1 Å². The van der Waals surface area contributed by atoms with Crippen molar-refractivity contribution >= 4 is 27.8 Å². The summed E-state index contributed by atoms with van der Waals surface area (Å²) in [5.41, 5.74) is 0.300. The van der Waals surface area contributed by atoms with Crippen LogP contribution < -0.4 is 0 Å². The van der Waals surface area contributed by atoms with Gasteiger partial charge in [-0.15, -0.1) is 0 Å². The molecule has 0 saturated carbocycles. The summed E-state index contributed by atoms with van der Waals surface area (Å²) in [7, 11) is 1.26. The van der Waals surface area contributed by atoms with Crippen LogP contribution in [0.3, 0.4) is 0 Å². The fraction of sp³-hybridized carbons (Fsp3) is 0.385. The monoisotopic (exact) mass is 345 g/mol. The first kappa shape index (κ1) is 14.9. The minimum Gasteiger partial charge on any atom is -0.467 e. The Morgan fingerprint density at radius 1 is 1.50 bits per heavy atom. The van der Waals surface area contributed by atoms with Crippen LogP contribution in [0.1, 0.15) is 10.4 Å². The molecule has 1 aromatic rings. The number of hydrogen-bond acceptors (Lipinski definition) is 4.